The first-order chi connectivity index (χ1) is 13.7. The number of ether oxygens (including phenoxy) is 1. The lowest BCUT2D eigenvalue weighted by atomic mass is 9.68. The number of H-pyrrole nitrogens is 1. The molecule has 2 aromatic heterocycles. The summed E-state index contributed by atoms with van der Waals surface area (Å²) in [4.78, 5) is 2.48. The van der Waals surface area contributed by atoms with E-state index in [1.54, 1.807) is 6.20 Å². The molecule has 3 aromatic rings. The molecule has 1 saturated heterocycles. The molecule has 164 valence electrons. The Balaban J connectivity index is 0.000000232. The Labute approximate surface area is 188 Å². The van der Waals surface area contributed by atoms with Crippen molar-refractivity contribution in [1.82, 2.24) is 25.3 Å². The molecule has 1 aliphatic rings. The van der Waals surface area contributed by atoms with E-state index in [2.05, 4.69) is 60.0 Å². The van der Waals surface area contributed by atoms with E-state index in [-0.39, 0.29) is 12.4 Å². The molecular weight excluding hydrogens is 420 g/mol. The van der Waals surface area contributed by atoms with Gasteiger partial charge >= 0.3 is 5.19 Å². The number of anilines is 1. The zero-order valence-corrected chi connectivity index (χ0v) is 19.8. The van der Waals surface area contributed by atoms with Gasteiger partial charge in [-0.3, -0.25) is 5.10 Å². The van der Waals surface area contributed by atoms with Gasteiger partial charge in [-0.2, -0.15) is 5.10 Å². The Morgan fingerprint density at radius 1 is 1.17 bits per heavy atom. The van der Waals surface area contributed by atoms with E-state index in [1.165, 1.54) is 30.7 Å². The van der Waals surface area contributed by atoms with Crippen molar-refractivity contribution in [3.63, 3.8) is 0 Å². The molecule has 3 heterocycles. The number of nitrogen functional groups attached to an aromatic ring is 1. The van der Waals surface area contributed by atoms with Crippen molar-refractivity contribution >= 4 is 28.9 Å². The monoisotopic (exact) mass is 450 g/mol. The molecule has 0 atom stereocenters. The normalized spacial score (nSPS) is 17.4. The minimum atomic E-state index is 0. The number of benzene rings is 1. The summed E-state index contributed by atoms with van der Waals surface area (Å²) in [5, 5.41) is 15.0. The molecule has 30 heavy (non-hydrogen) atoms. The molecule has 0 radical (unpaired) electrons. The lowest BCUT2D eigenvalue weighted by Crippen LogP contribution is -2.55. The zero-order valence-electron chi connectivity index (χ0n) is 18.2. The van der Waals surface area contributed by atoms with Crippen LogP contribution in [-0.2, 0) is 0 Å². The molecule has 0 saturated carbocycles. The molecule has 0 bridgehead atoms. The summed E-state index contributed by atoms with van der Waals surface area (Å²) in [6.07, 6.45) is 6.29. The highest BCUT2D eigenvalue weighted by atomic mass is 35.5. The molecule has 0 aliphatic carbocycles. The molecule has 1 aromatic carbocycles. The fraction of sp³-hybridized carbons (Fsp3) is 0.476. The fourth-order valence-electron chi connectivity index (χ4n) is 3.37. The predicted molar refractivity (Wildman–Crippen MR) is 125 cm³/mol. The van der Waals surface area contributed by atoms with Crippen LogP contribution in [0, 0.1) is 5.41 Å². The Morgan fingerprint density at radius 3 is 2.50 bits per heavy atom. The van der Waals surface area contributed by atoms with Crippen LogP contribution in [0.25, 0.3) is 11.1 Å². The van der Waals surface area contributed by atoms with Crippen LogP contribution in [0.3, 0.4) is 0 Å². The second-order valence-electron chi connectivity index (χ2n) is 8.49. The van der Waals surface area contributed by atoms with Gasteiger partial charge in [0.25, 0.3) is 0 Å². The molecule has 9 heteroatoms. The number of aromatic nitrogens is 4. The van der Waals surface area contributed by atoms with E-state index < -0.39 is 0 Å². The number of hydrogen-bond donors (Lipinski definition) is 2. The third-order valence-electron chi connectivity index (χ3n) is 6.20. The largest absolute Gasteiger partial charge is 0.430 e. The van der Waals surface area contributed by atoms with E-state index in [4.69, 9.17) is 10.5 Å². The van der Waals surface area contributed by atoms with Gasteiger partial charge < -0.3 is 15.4 Å². The number of piperidine rings is 1. The van der Waals surface area contributed by atoms with Crippen molar-refractivity contribution in [2.75, 3.05) is 19.3 Å². The Hall–Kier alpha value is -2.16. The summed E-state index contributed by atoms with van der Waals surface area (Å²) in [6.45, 7) is 10.7. The predicted octanol–water partition coefficient (Wildman–Crippen LogP) is 5.24. The van der Waals surface area contributed by atoms with Crippen molar-refractivity contribution in [3.8, 4) is 22.1 Å². The van der Waals surface area contributed by atoms with Gasteiger partial charge in [0.2, 0.25) is 5.13 Å². The smallest absolute Gasteiger partial charge is 0.301 e. The van der Waals surface area contributed by atoms with E-state index in [0.717, 1.165) is 11.1 Å². The zero-order chi connectivity index (χ0) is 21.1. The summed E-state index contributed by atoms with van der Waals surface area (Å²) >= 11 is 1.20. The number of likely N-dealkylation sites (tertiary alicyclic amines) is 1. The summed E-state index contributed by atoms with van der Waals surface area (Å²) < 4.78 is 5.57. The maximum absolute atomic E-state index is 5.57. The number of rotatable bonds is 3. The second kappa shape index (κ2) is 9.76. The van der Waals surface area contributed by atoms with Crippen molar-refractivity contribution < 1.29 is 4.74 Å². The van der Waals surface area contributed by atoms with E-state index in [9.17, 15) is 0 Å². The van der Waals surface area contributed by atoms with Gasteiger partial charge in [0.15, 0.2) is 0 Å². The van der Waals surface area contributed by atoms with Crippen LogP contribution >= 0.6 is 23.7 Å². The quantitative estimate of drug-likeness (QED) is 0.566. The van der Waals surface area contributed by atoms with Gasteiger partial charge in [-0.05, 0) is 74.7 Å². The lowest BCUT2D eigenvalue weighted by Gasteiger charge is -2.52. The van der Waals surface area contributed by atoms with Crippen molar-refractivity contribution in [3.05, 3.63) is 36.7 Å². The Kier molecular flexibility index (Phi) is 7.85. The minimum absolute atomic E-state index is 0. The second-order valence-corrected chi connectivity index (χ2v) is 9.46. The fourth-order valence-corrected chi connectivity index (χ4v) is 3.85. The maximum Gasteiger partial charge on any atom is 0.301 e. The summed E-state index contributed by atoms with van der Waals surface area (Å²) in [5.41, 5.74) is 8.34. The van der Waals surface area contributed by atoms with Gasteiger partial charge in [-0.25, -0.2) is 0 Å². The number of hydrogen-bond acceptors (Lipinski definition) is 7. The molecule has 7 nitrogen and oxygen atoms in total. The molecule has 3 N–H and O–H groups in total. The molecular formula is C21H31ClN6OS. The van der Waals surface area contributed by atoms with Crippen LogP contribution in [0.1, 0.15) is 40.5 Å². The number of nitrogens with one attached hydrogen (secondary N) is 1. The highest BCUT2D eigenvalue weighted by Crippen LogP contribution is 2.42. The van der Waals surface area contributed by atoms with Crippen LogP contribution in [0.2, 0.25) is 0 Å². The average molecular weight is 451 g/mol. The van der Waals surface area contributed by atoms with Gasteiger partial charge in [-0.15, -0.1) is 17.5 Å². The topological polar surface area (TPSA) is 92.9 Å². The van der Waals surface area contributed by atoms with E-state index in [0.29, 0.717) is 27.0 Å². The van der Waals surface area contributed by atoms with Gasteiger partial charge in [0.05, 0.1) is 6.20 Å². The first-order valence-corrected chi connectivity index (χ1v) is 10.6. The summed E-state index contributed by atoms with van der Waals surface area (Å²) in [6, 6.07) is 7.64. The molecule has 0 spiro atoms. The molecule has 1 aliphatic heterocycles. The summed E-state index contributed by atoms with van der Waals surface area (Å²) in [7, 11) is 2.24. The third kappa shape index (κ3) is 5.50. The third-order valence-corrected chi connectivity index (χ3v) is 6.83. The van der Waals surface area contributed by atoms with Crippen LogP contribution in [-0.4, -0.2) is 44.4 Å². The van der Waals surface area contributed by atoms with Crippen LogP contribution < -0.4 is 10.5 Å². The van der Waals surface area contributed by atoms with Gasteiger partial charge in [-0.1, -0.05) is 31.1 Å². The van der Waals surface area contributed by atoms with Gasteiger partial charge in [0, 0.05) is 17.3 Å². The molecule has 4 rings (SSSR count). The minimum Gasteiger partial charge on any atom is -0.430 e. The number of halogens is 1. The molecule has 0 unspecified atom stereocenters. The number of nitrogens with two attached hydrogens (primary N) is 1. The Bertz CT molecular complexity index is 925. The van der Waals surface area contributed by atoms with Crippen LogP contribution in [0.4, 0.5) is 5.13 Å². The lowest BCUT2D eigenvalue weighted by molar-refractivity contribution is -0.0121. The molecule has 1 fully saturated rings. The van der Waals surface area contributed by atoms with Gasteiger partial charge in [0.1, 0.15) is 5.75 Å². The van der Waals surface area contributed by atoms with Crippen LogP contribution in [0.5, 0.6) is 10.9 Å². The highest BCUT2D eigenvalue weighted by molar-refractivity contribution is 7.16. The first kappa shape index (κ1) is 24.1. The number of aromatic amines is 1. The molecule has 0 amide bonds. The first-order valence-electron chi connectivity index (χ1n) is 9.76. The average Bonchev–Trinajstić information content (AvgIpc) is 3.33. The van der Waals surface area contributed by atoms with E-state index in [1.807, 2.05) is 30.5 Å². The van der Waals surface area contributed by atoms with Crippen molar-refractivity contribution in [2.24, 2.45) is 5.41 Å². The van der Waals surface area contributed by atoms with Crippen LogP contribution in [0.15, 0.2) is 36.7 Å². The Morgan fingerprint density at radius 2 is 1.93 bits per heavy atom. The van der Waals surface area contributed by atoms with Crippen molar-refractivity contribution in [2.45, 2.75) is 46.1 Å². The maximum atomic E-state index is 5.57. The van der Waals surface area contributed by atoms with E-state index >= 15 is 0 Å². The van der Waals surface area contributed by atoms with Crippen molar-refractivity contribution in [1.29, 1.82) is 0 Å². The summed E-state index contributed by atoms with van der Waals surface area (Å²) in [5.74, 6) is 0.685. The number of nitrogens with zero attached hydrogens (tertiary/aromatic N) is 4. The highest BCUT2D eigenvalue weighted by Gasteiger charge is 2.42. The standard InChI is InChI=1S/C11H9N5OS.C10H21N.ClH/c12-10-15-16-11(18-10)17-9-3-1-2-7(4-9)8-5-13-14-6-8;1-9(2)7-6-8-11(5)10(9,3)4;/h1-6H,(H2,12,15)(H,13,14);6-8H2,1-5H3;1H. The SMILES string of the molecule is CN1CCCC(C)(C)C1(C)C.Cl.Nc1nnc(Oc2cccc(-c3cn[nH]c3)c2)s1.